The van der Waals surface area contributed by atoms with Crippen LogP contribution in [-0.2, 0) is 4.74 Å². The second-order valence-corrected chi connectivity index (χ2v) is 15.2. The molecule has 7 rings (SSSR count). The molecule has 2 fully saturated rings. The maximum atomic E-state index is 13.9. The summed E-state index contributed by atoms with van der Waals surface area (Å²) >= 11 is 14.5. The number of benzene rings is 2. The predicted molar refractivity (Wildman–Crippen MR) is 196 cm³/mol. The third-order valence-electron chi connectivity index (χ3n) is 9.24. The number of aromatic nitrogens is 5. The van der Waals surface area contributed by atoms with Gasteiger partial charge in [0, 0.05) is 60.1 Å². The van der Waals surface area contributed by atoms with Gasteiger partial charge in [-0.3, -0.25) is 9.88 Å². The number of piperidine rings is 1. The fraction of sp³-hybridized carbons (Fsp3) is 0.400. The van der Waals surface area contributed by atoms with E-state index in [1.54, 1.807) is 23.5 Å². The van der Waals surface area contributed by atoms with E-state index in [0.29, 0.717) is 46.2 Å². The fourth-order valence-electron chi connectivity index (χ4n) is 6.46. The van der Waals surface area contributed by atoms with Gasteiger partial charge in [0.05, 0.1) is 58.0 Å². The lowest BCUT2D eigenvalue weighted by atomic mass is 9.98. The third-order valence-corrected chi connectivity index (χ3v) is 10.7. The minimum Gasteiger partial charge on any atom is -0.378 e. The van der Waals surface area contributed by atoms with Crippen molar-refractivity contribution in [3.63, 3.8) is 0 Å². The van der Waals surface area contributed by atoms with Gasteiger partial charge in [-0.2, -0.15) is 5.26 Å². The van der Waals surface area contributed by atoms with Crippen molar-refractivity contribution in [3.8, 4) is 6.07 Å². The first-order valence-electron chi connectivity index (χ1n) is 16.5. The molecule has 2 aliphatic heterocycles. The first kappa shape index (κ1) is 34.4. The Kier molecular flexibility index (Phi) is 9.82. The van der Waals surface area contributed by atoms with Crippen LogP contribution in [0.1, 0.15) is 62.6 Å². The molecule has 5 aromatic rings. The molecule has 0 radical (unpaired) electrons. The van der Waals surface area contributed by atoms with Crippen LogP contribution in [0.5, 0.6) is 0 Å². The van der Waals surface area contributed by atoms with E-state index in [-0.39, 0.29) is 22.2 Å². The standard InChI is InChI=1S/C35H37Cl2FN10OS/c1-35(2,3)47-8-6-24(7-9-47)48-19-29(44-45-48)33(30-20-50-34(43-30)46-10-12-49-13-11-46)42-23-14-25-31(41-22-4-5-28(38)26(36)15-22)21(17-39)18-40-32(25)27(37)16-23/h4-5,14-16,18-20,24,33,42H,6-13H2,1-3H3,(H,40,41)/t33-/m1/s1. The Morgan fingerprint density at radius 2 is 1.80 bits per heavy atom. The van der Waals surface area contributed by atoms with E-state index < -0.39 is 11.9 Å². The number of anilines is 4. The summed E-state index contributed by atoms with van der Waals surface area (Å²) in [4.78, 5) is 14.3. The molecule has 0 aliphatic carbocycles. The monoisotopic (exact) mass is 734 g/mol. The van der Waals surface area contributed by atoms with E-state index in [9.17, 15) is 9.65 Å². The molecule has 0 bridgehead atoms. The predicted octanol–water partition coefficient (Wildman–Crippen LogP) is 7.82. The number of hydrogen-bond acceptors (Lipinski definition) is 11. The van der Waals surface area contributed by atoms with Gasteiger partial charge in [-0.1, -0.05) is 28.4 Å². The molecular formula is C35H37Cl2FN10OS. The molecule has 50 heavy (non-hydrogen) atoms. The van der Waals surface area contributed by atoms with Gasteiger partial charge in [-0.25, -0.2) is 14.1 Å². The van der Waals surface area contributed by atoms with Crippen LogP contribution in [0, 0.1) is 17.1 Å². The largest absolute Gasteiger partial charge is 0.378 e. The van der Waals surface area contributed by atoms with Crippen molar-refractivity contribution in [2.75, 3.05) is 54.9 Å². The summed E-state index contributed by atoms with van der Waals surface area (Å²) in [6.45, 7) is 11.6. The topological polar surface area (TPSA) is 120 Å². The second-order valence-electron chi connectivity index (χ2n) is 13.5. The third kappa shape index (κ3) is 7.22. The molecule has 2 N–H and O–H groups in total. The lowest BCUT2D eigenvalue weighted by Gasteiger charge is -2.40. The molecule has 260 valence electrons. The normalized spacial score (nSPS) is 16.8. The van der Waals surface area contributed by atoms with Crippen LogP contribution in [-0.4, -0.2) is 74.8 Å². The van der Waals surface area contributed by atoms with Crippen molar-refractivity contribution in [1.29, 1.82) is 5.26 Å². The molecular weight excluding hydrogens is 698 g/mol. The number of rotatable bonds is 8. The number of ether oxygens (including phenoxy) is 1. The molecule has 11 nitrogen and oxygen atoms in total. The summed E-state index contributed by atoms with van der Waals surface area (Å²) in [6, 6.07) is 9.96. The van der Waals surface area contributed by atoms with E-state index in [1.165, 1.54) is 18.3 Å². The zero-order valence-corrected chi connectivity index (χ0v) is 30.3. The van der Waals surface area contributed by atoms with Crippen LogP contribution < -0.4 is 15.5 Å². The average molecular weight is 736 g/mol. The zero-order chi connectivity index (χ0) is 35.0. The molecule has 0 unspecified atom stereocenters. The molecule has 15 heteroatoms. The first-order chi connectivity index (χ1) is 24.1. The van der Waals surface area contributed by atoms with Gasteiger partial charge in [0.2, 0.25) is 0 Å². The first-order valence-corrected chi connectivity index (χ1v) is 18.2. The highest BCUT2D eigenvalue weighted by molar-refractivity contribution is 7.13. The van der Waals surface area contributed by atoms with Gasteiger partial charge in [0.1, 0.15) is 23.6 Å². The van der Waals surface area contributed by atoms with Gasteiger partial charge in [-0.05, 0) is 63.9 Å². The van der Waals surface area contributed by atoms with Gasteiger partial charge >= 0.3 is 0 Å². The number of halogens is 3. The van der Waals surface area contributed by atoms with Gasteiger partial charge in [0.15, 0.2) is 5.13 Å². The van der Waals surface area contributed by atoms with Crippen LogP contribution in [0.4, 0.5) is 26.6 Å². The minimum atomic E-state index is -0.538. The van der Waals surface area contributed by atoms with Crippen molar-refractivity contribution in [2.45, 2.75) is 51.2 Å². The number of nitrogens with one attached hydrogen (secondary N) is 2. The van der Waals surface area contributed by atoms with Crippen molar-refractivity contribution >= 4 is 67.6 Å². The number of nitriles is 1. The number of thiazole rings is 1. The van der Waals surface area contributed by atoms with E-state index in [2.05, 4.69) is 62.6 Å². The Hall–Kier alpha value is -4.06. The molecule has 1 atom stereocenters. The number of hydrogen-bond donors (Lipinski definition) is 2. The average Bonchev–Trinajstić information content (AvgIpc) is 3.81. The van der Waals surface area contributed by atoms with Crippen molar-refractivity contribution in [3.05, 3.63) is 80.9 Å². The molecule has 2 aliphatic rings. The lowest BCUT2D eigenvalue weighted by Crippen LogP contribution is -2.46. The summed E-state index contributed by atoms with van der Waals surface area (Å²) in [5.41, 5.74) is 4.08. The highest BCUT2D eigenvalue weighted by atomic mass is 35.5. The lowest BCUT2D eigenvalue weighted by molar-refractivity contribution is 0.0866. The van der Waals surface area contributed by atoms with Gasteiger partial charge in [-0.15, -0.1) is 16.4 Å². The number of fused-ring (bicyclic) bond motifs is 1. The Morgan fingerprint density at radius 1 is 1.04 bits per heavy atom. The summed E-state index contributed by atoms with van der Waals surface area (Å²) in [5, 5.41) is 30.1. The van der Waals surface area contributed by atoms with Crippen LogP contribution in [0.25, 0.3) is 10.9 Å². The summed E-state index contributed by atoms with van der Waals surface area (Å²) in [7, 11) is 0. The van der Waals surface area contributed by atoms with Gasteiger partial charge < -0.3 is 20.3 Å². The van der Waals surface area contributed by atoms with Crippen molar-refractivity contribution in [2.24, 2.45) is 0 Å². The summed E-state index contributed by atoms with van der Waals surface area (Å²) < 4.78 is 21.5. The fourth-order valence-corrected chi connectivity index (χ4v) is 7.81. The number of nitrogens with zero attached hydrogens (tertiary/aromatic N) is 8. The quantitative estimate of drug-likeness (QED) is 0.163. The summed E-state index contributed by atoms with van der Waals surface area (Å²) in [6.07, 6.45) is 5.45. The summed E-state index contributed by atoms with van der Waals surface area (Å²) in [5.74, 6) is -0.538. The maximum absolute atomic E-state index is 13.9. The SMILES string of the molecule is CC(C)(C)N1CCC(n2cc([C@@H](Nc3cc(Cl)c4ncc(C#N)c(Nc5ccc(F)c(Cl)c5)c4c3)c3csc(N4CCOCC4)n3)nn2)CC1. The van der Waals surface area contributed by atoms with Crippen molar-refractivity contribution in [1.82, 2.24) is 29.9 Å². The maximum Gasteiger partial charge on any atom is 0.185 e. The highest BCUT2D eigenvalue weighted by Crippen LogP contribution is 2.38. The van der Waals surface area contributed by atoms with E-state index in [4.69, 9.17) is 32.9 Å². The van der Waals surface area contributed by atoms with E-state index in [1.807, 2.05) is 22.3 Å². The molecule has 0 spiro atoms. The number of pyridine rings is 1. The van der Waals surface area contributed by atoms with Crippen LogP contribution >= 0.6 is 34.5 Å². The van der Waals surface area contributed by atoms with E-state index >= 15 is 0 Å². The molecule has 5 heterocycles. The molecule has 0 amide bonds. The van der Waals surface area contributed by atoms with Gasteiger partial charge in [0.25, 0.3) is 0 Å². The molecule has 2 saturated heterocycles. The molecule has 3 aromatic heterocycles. The zero-order valence-electron chi connectivity index (χ0n) is 28.0. The molecule has 2 aromatic carbocycles. The van der Waals surface area contributed by atoms with Crippen LogP contribution in [0.2, 0.25) is 10.0 Å². The highest BCUT2D eigenvalue weighted by Gasteiger charge is 2.30. The Labute approximate surface area is 304 Å². The van der Waals surface area contributed by atoms with Crippen molar-refractivity contribution < 1.29 is 9.13 Å². The Balaban J connectivity index is 1.24. The smallest absolute Gasteiger partial charge is 0.185 e. The van der Waals surface area contributed by atoms with Crippen LogP contribution in [0.15, 0.2) is 48.1 Å². The molecule has 0 saturated carbocycles. The number of likely N-dealkylation sites (tertiary alicyclic amines) is 1. The second kappa shape index (κ2) is 14.3. The van der Waals surface area contributed by atoms with E-state index in [0.717, 1.165) is 55.5 Å². The minimum absolute atomic E-state index is 0.0392. The Bertz CT molecular complexity index is 2040. The van der Waals surface area contributed by atoms with Crippen LogP contribution in [0.3, 0.4) is 0 Å². The number of morpholine rings is 1. The Morgan fingerprint density at radius 3 is 2.52 bits per heavy atom.